The van der Waals surface area contributed by atoms with Gasteiger partial charge in [0.25, 0.3) is 11.6 Å². The van der Waals surface area contributed by atoms with E-state index in [0.29, 0.717) is 6.61 Å². The Labute approximate surface area is 184 Å². The summed E-state index contributed by atoms with van der Waals surface area (Å²) in [5.41, 5.74) is -0.0515. The summed E-state index contributed by atoms with van der Waals surface area (Å²) in [4.78, 5) is 33.7. The molecule has 2 rings (SSSR count). The standard InChI is InChI=1S/C20H22N2O9S/c1-13-4-7-16(22(25)26)10-18(13)32(27,28)31-17-8-5-15(6-9-17)20(24)30-12-19(23)21-14(2)11-29-3/h4-10,14H,11-12H2,1-3H3,(H,21,23). The number of nitro groups is 1. The topological polar surface area (TPSA) is 151 Å². The van der Waals surface area contributed by atoms with Crippen LogP contribution in [-0.4, -0.2) is 51.6 Å². The molecule has 1 unspecified atom stereocenters. The van der Waals surface area contributed by atoms with E-state index in [1.165, 1.54) is 50.4 Å². The average molecular weight is 466 g/mol. The summed E-state index contributed by atoms with van der Waals surface area (Å²) >= 11 is 0. The number of nitrogens with zero attached hydrogens (tertiary/aromatic N) is 1. The third-order valence-corrected chi connectivity index (χ3v) is 5.50. The number of aryl methyl sites for hydroxylation is 1. The third-order valence-electron chi connectivity index (χ3n) is 4.11. The van der Waals surface area contributed by atoms with Gasteiger partial charge in [0.2, 0.25) is 0 Å². The third kappa shape index (κ3) is 6.75. The highest BCUT2D eigenvalue weighted by molar-refractivity contribution is 7.87. The first-order valence-corrected chi connectivity index (χ1v) is 10.7. The van der Waals surface area contributed by atoms with E-state index in [1.54, 1.807) is 6.92 Å². The summed E-state index contributed by atoms with van der Waals surface area (Å²) in [6, 6.07) is 8.13. The Morgan fingerprint density at radius 3 is 2.41 bits per heavy atom. The first kappa shape index (κ1) is 24.8. The highest BCUT2D eigenvalue weighted by Gasteiger charge is 2.23. The molecule has 0 fully saturated rings. The van der Waals surface area contributed by atoms with Crippen LogP contribution in [0.1, 0.15) is 22.8 Å². The maximum Gasteiger partial charge on any atom is 0.339 e. The molecule has 0 spiro atoms. The summed E-state index contributed by atoms with van der Waals surface area (Å²) in [6.07, 6.45) is 0. The quantitative estimate of drug-likeness (QED) is 0.240. The van der Waals surface area contributed by atoms with Gasteiger partial charge in [-0.05, 0) is 43.7 Å². The molecule has 1 amide bonds. The summed E-state index contributed by atoms with van der Waals surface area (Å²) < 4.78 is 39.9. The van der Waals surface area contributed by atoms with Gasteiger partial charge >= 0.3 is 16.1 Å². The SMILES string of the molecule is COCC(C)NC(=O)COC(=O)c1ccc(OS(=O)(=O)c2cc([N+](=O)[O-])ccc2C)cc1. The summed E-state index contributed by atoms with van der Waals surface area (Å²) in [7, 11) is -2.86. The molecule has 2 aromatic carbocycles. The fraction of sp³-hybridized carbons (Fsp3) is 0.300. The first-order valence-electron chi connectivity index (χ1n) is 9.28. The van der Waals surface area contributed by atoms with Crippen LogP contribution in [0.15, 0.2) is 47.4 Å². The number of carbonyl (C=O) groups is 2. The lowest BCUT2D eigenvalue weighted by atomic mass is 10.2. The Hall–Kier alpha value is -3.51. The lowest BCUT2D eigenvalue weighted by Crippen LogP contribution is -2.38. The number of esters is 1. The minimum absolute atomic E-state index is 0.0685. The van der Waals surface area contributed by atoms with Crippen molar-refractivity contribution in [3.05, 3.63) is 63.7 Å². The van der Waals surface area contributed by atoms with Gasteiger partial charge in [-0.25, -0.2) is 4.79 Å². The van der Waals surface area contributed by atoms with Crippen LogP contribution < -0.4 is 9.50 Å². The molecule has 0 aliphatic rings. The molecule has 0 saturated heterocycles. The molecule has 0 aliphatic carbocycles. The van der Waals surface area contributed by atoms with E-state index in [1.807, 2.05) is 0 Å². The summed E-state index contributed by atoms with van der Waals surface area (Å²) in [5.74, 6) is -1.40. The van der Waals surface area contributed by atoms with Crippen molar-refractivity contribution >= 4 is 27.7 Å². The van der Waals surface area contributed by atoms with Crippen LogP contribution in [-0.2, 0) is 24.4 Å². The van der Waals surface area contributed by atoms with E-state index >= 15 is 0 Å². The van der Waals surface area contributed by atoms with E-state index in [0.717, 1.165) is 6.07 Å². The molecule has 32 heavy (non-hydrogen) atoms. The van der Waals surface area contributed by atoms with Gasteiger partial charge in [0.05, 0.1) is 17.1 Å². The molecule has 0 heterocycles. The van der Waals surface area contributed by atoms with Crippen LogP contribution in [0.5, 0.6) is 5.75 Å². The highest BCUT2D eigenvalue weighted by Crippen LogP contribution is 2.25. The van der Waals surface area contributed by atoms with Gasteiger partial charge < -0.3 is 19.0 Å². The molecule has 2 aromatic rings. The van der Waals surface area contributed by atoms with E-state index in [-0.39, 0.29) is 27.8 Å². The van der Waals surface area contributed by atoms with Gasteiger partial charge in [0, 0.05) is 25.3 Å². The normalized spacial score (nSPS) is 12.0. The number of amides is 1. The van der Waals surface area contributed by atoms with Gasteiger partial charge in [0.15, 0.2) is 6.61 Å². The fourth-order valence-corrected chi connectivity index (χ4v) is 3.79. The number of ether oxygens (including phenoxy) is 2. The molecular formula is C20H22N2O9S. The predicted octanol–water partition coefficient (Wildman–Crippen LogP) is 1.98. The van der Waals surface area contributed by atoms with Crippen LogP contribution in [0.2, 0.25) is 0 Å². The number of carbonyl (C=O) groups excluding carboxylic acids is 2. The Morgan fingerprint density at radius 1 is 1.16 bits per heavy atom. The number of hydrogen-bond donors (Lipinski definition) is 1. The van der Waals surface area contributed by atoms with Crippen molar-refractivity contribution in [3.8, 4) is 5.75 Å². The molecule has 11 nitrogen and oxygen atoms in total. The molecule has 172 valence electrons. The average Bonchev–Trinajstić information content (AvgIpc) is 2.72. The number of hydrogen-bond acceptors (Lipinski definition) is 9. The minimum atomic E-state index is -4.35. The van der Waals surface area contributed by atoms with Crippen LogP contribution in [0.4, 0.5) is 5.69 Å². The van der Waals surface area contributed by atoms with Crippen LogP contribution >= 0.6 is 0 Å². The van der Waals surface area contributed by atoms with Gasteiger partial charge in [-0.15, -0.1) is 0 Å². The van der Waals surface area contributed by atoms with Gasteiger partial charge in [-0.3, -0.25) is 14.9 Å². The van der Waals surface area contributed by atoms with Crippen LogP contribution in [0, 0.1) is 17.0 Å². The largest absolute Gasteiger partial charge is 0.452 e. The molecule has 0 radical (unpaired) electrons. The Morgan fingerprint density at radius 2 is 1.81 bits per heavy atom. The van der Waals surface area contributed by atoms with Gasteiger partial charge in [-0.1, -0.05) is 6.07 Å². The molecule has 0 aliphatic heterocycles. The second-order valence-electron chi connectivity index (χ2n) is 6.77. The second kappa shape index (κ2) is 10.7. The molecule has 0 saturated carbocycles. The molecule has 1 atom stereocenters. The van der Waals surface area contributed by atoms with Crippen molar-refractivity contribution in [3.63, 3.8) is 0 Å². The number of benzene rings is 2. The molecule has 12 heteroatoms. The van der Waals surface area contributed by atoms with E-state index < -0.39 is 39.2 Å². The lowest BCUT2D eigenvalue weighted by Gasteiger charge is -2.13. The van der Waals surface area contributed by atoms with Crippen molar-refractivity contribution in [1.82, 2.24) is 5.32 Å². The number of nitrogens with one attached hydrogen (secondary N) is 1. The molecular weight excluding hydrogens is 444 g/mol. The zero-order valence-electron chi connectivity index (χ0n) is 17.6. The van der Waals surface area contributed by atoms with Crippen molar-refractivity contribution in [2.24, 2.45) is 0 Å². The highest BCUT2D eigenvalue weighted by atomic mass is 32.2. The molecule has 1 N–H and O–H groups in total. The zero-order valence-corrected chi connectivity index (χ0v) is 18.4. The summed E-state index contributed by atoms with van der Waals surface area (Å²) in [6.45, 7) is 3.02. The van der Waals surface area contributed by atoms with Gasteiger partial charge in [-0.2, -0.15) is 8.42 Å². The minimum Gasteiger partial charge on any atom is -0.452 e. The van der Waals surface area contributed by atoms with Crippen molar-refractivity contribution in [2.45, 2.75) is 24.8 Å². The van der Waals surface area contributed by atoms with E-state index in [9.17, 15) is 28.1 Å². The zero-order chi connectivity index (χ0) is 23.9. The smallest absolute Gasteiger partial charge is 0.339 e. The molecule has 0 aromatic heterocycles. The second-order valence-corrected chi connectivity index (χ2v) is 8.28. The number of non-ortho nitro benzene ring substituents is 1. The van der Waals surface area contributed by atoms with Crippen molar-refractivity contribution < 1.29 is 36.6 Å². The number of rotatable bonds is 10. The number of nitro benzene ring substituents is 1. The Bertz CT molecular complexity index is 1100. The van der Waals surface area contributed by atoms with Crippen LogP contribution in [0.3, 0.4) is 0 Å². The van der Waals surface area contributed by atoms with Crippen molar-refractivity contribution in [2.75, 3.05) is 20.3 Å². The van der Waals surface area contributed by atoms with E-state index in [4.69, 9.17) is 13.7 Å². The van der Waals surface area contributed by atoms with Crippen LogP contribution in [0.25, 0.3) is 0 Å². The van der Waals surface area contributed by atoms with E-state index in [2.05, 4.69) is 5.32 Å². The monoisotopic (exact) mass is 466 g/mol. The van der Waals surface area contributed by atoms with Gasteiger partial charge in [0.1, 0.15) is 10.6 Å². The summed E-state index contributed by atoms with van der Waals surface area (Å²) in [5, 5.41) is 13.5. The van der Waals surface area contributed by atoms with Crippen molar-refractivity contribution in [1.29, 1.82) is 0 Å². The Kier molecular flexibility index (Phi) is 8.27. The maximum absolute atomic E-state index is 12.5. The first-order chi connectivity index (χ1) is 15.0. The predicted molar refractivity (Wildman–Crippen MR) is 112 cm³/mol. The lowest BCUT2D eigenvalue weighted by molar-refractivity contribution is -0.385. The number of methoxy groups -OCH3 is 1. The molecule has 0 bridgehead atoms. The Balaban J connectivity index is 2.03. The fourth-order valence-electron chi connectivity index (χ4n) is 2.61. The maximum atomic E-state index is 12.5.